The minimum Gasteiger partial charge on any atom is -0.477 e. The molecule has 0 N–H and O–H groups in total. The Labute approximate surface area is 117 Å². The van der Waals surface area contributed by atoms with Gasteiger partial charge in [0.05, 0.1) is 24.1 Å². The van der Waals surface area contributed by atoms with Crippen molar-refractivity contribution in [2.45, 2.75) is 13.8 Å². The van der Waals surface area contributed by atoms with Gasteiger partial charge in [0.15, 0.2) is 0 Å². The van der Waals surface area contributed by atoms with Crippen LogP contribution >= 0.6 is 0 Å². The van der Waals surface area contributed by atoms with E-state index < -0.39 is 0 Å². The summed E-state index contributed by atoms with van der Waals surface area (Å²) in [4.78, 5) is 8.85. The van der Waals surface area contributed by atoms with Crippen molar-refractivity contribution in [1.29, 1.82) is 0 Å². The van der Waals surface area contributed by atoms with Crippen molar-refractivity contribution in [2.75, 3.05) is 13.2 Å². The van der Waals surface area contributed by atoms with Crippen molar-refractivity contribution >= 4 is 21.7 Å². The van der Waals surface area contributed by atoms with Crippen LogP contribution in [0.4, 0.5) is 0 Å². The molecule has 4 heteroatoms. The number of ether oxygens (including phenoxy) is 2. The van der Waals surface area contributed by atoms with Gasteiger partial charge in [-0.05, 0) is 25.3 Å². The summed E-state index contributed by atoms with van der Waals surface area (Å²) in [7, 11) is 0. The summed E-state index contributed by atoms with van der Waals surface area (Å²) in [5.41, 5.74) is 0.866. The van der Waals surface area contributed by atoms with Crippen LogP contribution in [0.15, 0.2) is 36.4 Å². The lowest BCUT2D eigenvalue weighted by molar-refractivity contribution is 0.293. The highest BCUT2D eigenvalue weighted by Gasteiger charge is 2.11. The van der Waals surface area contributed by atoms with Crippen molar-refractivity contribution in [2.24, 2.45) is 0 Å². The molecule has 0 saturated carbocycles. The number of hydrogen-bond acceptors (Lipinski definition) is 4. The Morgan fingerprint density at radius 3 is 2.45 bits per heavy atom. The Bertz CT molecular complexity index is 756. The zero-order valence-electron chi connectivity index (χ0n) is 11.6. The van der Waals surface area contributed by atoms with E-state index in [0.717, 1.165) is 21.7 Å². The van der Waals surface area contributed by atoms with Crippen molar-refractivity contribution < 1.29 is 9.47 Å². The largest absolute Gasteiger partial charge is 0.477 e. The molecule has 0 radical (unpaired) electrons. The molecule has 0 saturated heterocycles. The molecule has 1 heterocycles. The molecule has 2 aromatic carbocycles. The number of aromatic nitrogens is 2. The maximum Gasteiger partial charge on any atom is 0.320 e. The molecule has 3 aromatic rings. The molecule has 0 aliphatic rings. The maximum atomic E-state index is 5.62. The number of nitrogens with zero attached hydrogens (tertiary/aromatic N) is 2. The third kappa shape index (κ3) is 2.13. The second kappa shape index (κ2) is 5.33. The van der Waals surface area contributed by atoms with Crippen LogP contribution in [-0.4, -0.2) is 23.2 Å². The molecular weight excluding hydrogens is 252 g/mol. The Morgan fingerprint density at radius 1 is 0.850 bits per heavy atom. The third-order valence-electron chi connectivity index (χ3n) is 3.09. The van der Waals surface area contributed by atoms with Crippen LogP contribution in [-0.2, 0) is 0 Å². The summed E-state index contributed by atoms with van der Waals surface area (Å²) in [5.74, 6) is 0.576. The average molecular weight is 268 g/mol. The molecule has 0 bridgehead atoms. The van der Waals surface area contributed by atoms with Crippen LogP contribution in [0.1, 0.15) is 13.8 Å². The molecule has 0 fully saturated rings. The predicted molar refractivity (Wildman–Crippen MR) is 79.4 cm³/mol. The average Bonchev–Trinajstić information content (AvgIpc) is 2.48. The van der Waals surface area contributed by atoms with Crippen molar-refractivity contribution in [3.05, 3.63) is 36.4 Å². The van der Waals surface area contributed by atoms with Gasteiger partial charge >= 0.3 is 6.01 Å². The molecule has 0 amide bonds. The van der Waals surface area contributed by atoms with Gasteiger partial charge in [-0.25, -0.2) is 0 Å². The normalized spacial score (nSPS) is 10.9. The van der Waals surface area contributed by atoms with Gasteiger partial charge in [0.1, 0.15) is 0 Å². The van der Waals surface area contributed by atoms with Gasteiger partial charge in [-0.2, -0.15) is 9.97 Å². The Balaban J connectivity index is 2.34. The first kappa shape index (κ1) is 12.7. The summed E-state index contributed by atoms with van der Waals surface area (Å²) in [6, 6.07) is 12.6. The topological polar surface area (TPSA) is 44.2 Å². The summed E-state index contributed by atoms with van der Waals surface area (Å²) < 4.78 is 11.1. The highest BCUT2D eigenvalue weighted by atomic mass is 16.5. The molecule has 0 aliphatic carbocycles. The Kier molecular flexibility index (Phi) is 3.37. The molecule has 20 heavy (non-hydrogen) atoms. The Hall–Kier alpha value is -2.36. The van der Waals surface area contributed by atoms with Crippen LogP contribution in [0.2, 0.25) is 0 Å². The molecule has 0 unspecified atom stereocenters. The fourth-order valence-electron chi connectivity index (χ4n) is 2.26. The molecule has 0 aliphatic heterocycles. The van der Waals surface area contributed by atoms with Crippen LogP contribution in [0.5, 0.6) is 11.9 Å². The highest BCUT2D eigenvalue weighted by Crippen LogP contribution is 2.30. The first-order chi connectivity index (χ1) is 9.83. The third-order valence-corrected chi connectivity index (χ3v) is 3.09. The van der Waals surface area contributed by atoms with Crippen molar-refractivity contribution in [3.63, 3.8) is 0 Å². The van der Waals surface area contributed by atoms with Crippen LogP contribution in [0.25, 0.3) is 21.7 Å². The fourth-order valence-corrected chi connectivity index (χ4v) is 2.26. The van der Waals surface area contributed by atoms with Crippen molar-refractivity contribution in [1.82, 2.24) is 9.97 Å². The number of fused-ring (bicyclic) bond motifs is 3. The van der Waals surface area contributed by atoms with E-state index in [0.29, 0.717) is 25.1 Å². The lowest BCUT2D eigenvalue weighted by Crippen LogP contribution is -2.02. The SMILES string of the molecule is CCOc1nc(OCC)c2ccc3ccccc3c2n1. The molecule has 0 spiro atoms. The number of rotatable bonds is 4. The lowest BCUT2D eigenvalue weighted by Gasteiger charge is -2.10. The monoisotopic (exact) mass is 268 g/mol. The van der Waals surface area contributed by atoms with Crippen LogP contribution in [0, 0.1) is 0 Å². The van der Waals surface area contributed by atoms with E-state index in [2.05, 4.69) is 28.2 Å². The van der Waals surface area contributed by atoms with E-state index in [4.69, 9.17) is 9.47 Å². The molecule has 102 valence electrons. The van der Waals surface area contributed by atoms with E-state index >= 15 is 0 Å². The zero-order valence-corrected chi connectivity index (χ0v) is 11.6. The second-order valence-electron chi connectivity index (χ2n) is 4.36. The summed E-state index contributed by atoms with van der Waals surface area (Å²) in [6.45, 7) is 4.94. The van der Waals surface area contributed by atoms with Crippen molar-refractivity contribution in [3.8, 4) is 11.9 Å². The van der Waals surface area contributed by atoms with Gasteiger partial charge in [-0.1, -0.05) is 30.3 Å². The second-order valence-corrected chi connectivity index (χ2v) is 4.36. The van der Waals surface area contributed by atoms with Gasteiger partial charge in [0.2, 0.25) is 5.88 Å². The zero-order chi connectivity index (χ0) is 13.9. The predicted octanol–water partition coefficient (Wildman–Crippen LogP) is 3.58. The number of benzene rings is 2. The van der Waals surface area contributed by atoms with Gasteiger partial charge in [-0.3, -0.25) is 0 Å². The van der Waals surface area contributed by atoms with E-state index in [1.807, 2.05) is 32.0 Å². The van der Waals surface area contributed by atoms with Gasteiger partial charge in [0, 0.05) is 5.39 Å². The molecular formula is C16H16N2O2. The van der Waals surface area contributed by atoms with Gasteiger partial charge in [-0.15, -0.1) is 0 Å². The standard InChI is InChI=1S/C16H16N2O2/c1-3-19-15-13-10-9-11-7-5-6-8-12(11)14(13)17-16(18-15)20-4-2/h5-10H,3-4H2,1-2H3. The molecule has 1 aromatic heterocycles. The first-order valence-corrected chi connectivity index (χ1v) is 6.78. The van der Waals surface area contributed by atoms with E-state index in [1.165, 1.54) is 0 Å². The highest BCUT2D eigenvalue weighted by molar-refractivity contribution is 6.06. The maximum absolute atomic E-state index is 5.62. The summed E-state index contributed by atoms with van der Waals surface area (Å²) >= 11 is 0. The minimum absolute atomic E-state index is 0.361. The van der Waals surface area contributed by atoms with E-state index in [9.17, 15) is 0 Å². The Morgan fingerprint density at radius 2 is 1.65 bits per heavy atom. The van der Waals surface area contributed by atoms with Crippen LogP contribution < -0.4 is 9.47 Å². The molecule has 0 atom stereocenters. The van der Waals surface area contributed by atoms with Gasteiger partial charge < -0.3 is 9.47 Å². The van der Waals surface area contributed by atoms with E-state index in [1.54, 1.807) is 0 Å². The van der Waals surface area contributed by atoms with Crippen LogP contribution in [0.3, 0.4) is 0 Å². The minimum atomic E-state index is 0.361. The smallest absolute Gasteiger partial charge is 0.320 e. The van der Waals surface area contributed by atoms with Gasteiger partial charge in [0.25, 0.3) is 0 Å². The summed E-state index contributed by atoms with van der Waals surface area (Å²) in [6.07, 6.45) is 0. The quantitative estimate of drug-likeness (QED) is 0.678. The fraction of sp³-hybridized carbons (Fsp3) is 0.250. The first-order valence-electron chi connectivity index (χ1n) is 6.78. The number of hydrogen-bond donors (Lipinski definition) is 0. The molecule has 3 rings (SSSR count). The molecule has 4 nitrogen and oxygen atoms in total. The summed E-state index contributed by atoms with van der Waals surface area (Å²) in [5, 5.41) is 3.13. The lowest BCUT2D eigenvalue weighted by atomic mass is 10.1. The van der Waals surface area contributed by atoms with E-state index in [-0.39, 0.29) is 0 Å².